The Hall–Kier alpha value is 0.284. The first-order chi connectivity index (χ1) is 10.9. The fourth-order valence-electron chi connectivity index (χ4n) is 0.447. The zero-order valence-corrected chi connectivity index (χ0v) is 18.5. The van der Waals surface area contributed by atoms with Gasteiger partial charge < -0.3 is 22.3 Å². The van der Waals surface area contributed by atoms with E-state index in [-0.39, 0.29) is 64.7 Å². The Morgan fingerprint density at radius 2 is 0.769 bits per heavy atom. The third-order valence-corrected chi connectivity index (χ3v) is 3.38. The summed E-state index contributed by atoms with van der Waals surface area (Å²) in [5, 5.41) is 8.06. The molecule has 0 saturated heterocycles. The van der Waals surface area contributed by atoms with Crippen LogP contribution in [0.3, 0.4) is 0 Å². The Morgan fingerprint density at radius 3 is 0.769 bits per heavy atom. The standard InChI is InChI=1S/C3H8O.3C2H7NO3S.Ti/c1-3(2)4;3*3-1-2-7(4,5)6;/h3-4H,1-2H3;3*1-3H2,(H,4,5,6);. The average molecular weight is 483 g/mol. The van der Waals surface area contributed by atoms with Crippen LogP contribution in [0.25, 0.3) is 0 Å². The summed E-state index contributed by atoms with van der Waals surface area (Å²) in [6, 6.07) is 0. The van der Waals surface area contributed by atoms with E-state index in [1.165, 1.54) is 0 Å². The van der Waals surface area contributed by atoms with Crippen molar-refractivity contribution in [3.8, 4) is 0 Å². The molecule has 0 aromatic rings. The number of nitrogens with two attached hydrogens (primary N) is 3. The second kappa shape index (κ2) is 20.0. The summed E-state index contributed by atoms with van der Waals surface area (Å²) in [5.41, 5.74) is 14.3. The topological polar surface area (TPSA) is 261 Å². The van der Waals surface area contributed by atoms with Crippen molar-refractivity contribution in [2.75, 3.05) is 36.9 Å². The van der Waals surface area contributed by atoms with Crippen LogP contribution in [0.1, 0.15) is 13.8 Å². The smallest absolute Gasteiger partial charge is 0.266 e. The molecule has 0 fully saturated rings. The molecule has 0 aromatic heterocycles. The SMILES string of the molecule is CC(C)O.NCCS(=O)(=O)O.NCCS(=O)(=O)O.NCCS(=O)(=O)O.[Ti]. The van der Waals surface area contributed by atoms with E-state index in [9.17, 15) is 25.3 Å². The van der Waals surface area contributed by atoms with Crippen molar-refractivity contribution in [3.05, 3.63) is 0 Å². The normalized spacial score (nSPS) is 10.8. The van der Waals surface area contributed by atoms with Crippen LogP contribution in [-0.4, -0.2) is 87.0 Å². The molecule has 0 aromatic carbocycles. The second-order valence-electron chi connectivity index (χ2n) is 4.32. The Kier molecular flexibility index (Phi) is 28.6. The number of hydrogen-bond donors (Lipinski definition) is 7. The van der Waals surface area contributed by atoms with Crippen molar-refractivity contribution in [2.45, 2.75) is 20.0 Å². The van der Waals surface area contributed by atoms with Gasteiger partial charge in [0, 0.05) is 47.5 Å². The molecule has 0 aliphatic carbocycles. The molecule has 26 heavy (non-hydrogen) atoms. The van der Waals surface area contributed by atoms with Crippen molar-refractivity contribution >= 4 is 30.4 Å². The second-order valence-corrected chi connectivity index (χ2v) is 9.03. The first-order valence-electron chi connectivity index (χ1n) is 6.55. The molecular formula is C9H29N3O10S3Ti. The number of hydrogen-bond acceptors (Lipinski definition) is 10. The summed E-state index contributed by atoms with van der Waals surface area (Å²) in [6.45, 7) is 3.36. The molecular weight excluding hydrogens is 454 g/mol. The molecule has 0 radical (unpaired) electrons. The monoisotopic (exact) mass is 483 g/mol. The van der Waals surface area contributed by atoms with Gasteiger partial charge in [-0.2, -0.15) is 25.3 Å². The molecule has 0 amide bonds. The van der Waals surface area contributed by atoms with Crippen LogP contribution in [0.5, 0.6) is 0 Å². The Bertz CT molecular complexity index is 509. The zero-order valence-electron chi connectivity index (χ0n) is 14.5. The van der Waals surface area contributed by atoms with Crippen LogP contribution < -0.4 is 17.2 Å². The molecule has 0 aliphatic rings. The summed E-state index contributed by atoms with van der Waals surface area (Å²) >= 11 is 0. The fourth-order valence-corrected chi connectivity index (χ4v) is 1.34. The third kappa shape index (κ3) is 87.2. The van der Waals surface area contributed by atoms with Crippen molar-refractivity contribution < 1.29 is 65.7 Å². The summed E-state index contributed by atoms with van der Waals surface area (Å²) in [6.07, 6.45) is -0.167. The predicted octanol–water partition coefficient (Wildman–Crippen LogP) is -3.12. The minimum absolute atomic E-state index is 0. The number of aliphatic hydroxyl groups is 1. The Labute approximate surface area is 169 Å². The minimum Gasteiger partial charge on any atom is -0.394 e. The minimum atomic E-state index is -3.80. The number of aliphatic hydroxyl groups excluding tert-OH is 1. The van der Waals surface area contributed by atoms with E-state index in [1.807, 2.05) is 0 Å². The average Bonchev–Trinajstić information content (AvgIpc) is 2.24. The molecule has 0 heterocycles. The van der Waals surface area contributed by atoms with Gasteiger partial charge in [0.2, 0.25) is 0 Å². The van der Waals surface area contributed by atoms with E-state index < -0.39 is 30.4 Å². The molecule has 0 aliphatic heterocycles. The van der Waals surface area contributed by atoms with Crippen molar-refractivity contribution in [2.24, 2.45) is 17.2 Å². The van der Waals surface area contributed by atoms with Gasteiger partial charge in [-0.3, -0.25) is 13.7 Å². The van der Waals surface area contributed by atoms with E-state index in [4.69, 9.17) is 36.0 Å². The van der Waals surface area contributed by atoms with Crippen LogP contribution in [0.2, 0.25) is 0 Å². The van der Waals surface area contributed by atoms with E-state index in [1.54, 1.807) is 13.8 Å². The van der Waals surface area contributed by atoms with Gasteiger partial charge in [-0.1, -0.05) is 0 Å². The van der Waals surface area contributed by atoms with Gasteiger partial charge in [-0.05, 0) is 13.8 Å². The van der Waals surface area contributed by atoms with Crippen LogP contribution in [0.15, 0.2) is 0 Å². The fraction of sp³-hybridized carbons (Fsp3) is 1.00. The summed E-state index contributed by atoms with van der Waals surface area (Å²) in [5.74, 6) is -1.06. The van der Waals surface area contributed by atoms with Crippen LogP contribution in [-0.2, 0) is 52.1 Å². The van der Waals surface area contributed by atoms with Gasteiger partial charge in [0.15, 0.2) is 0 Å². The molecule has 0 saturated carbocycles. The van der Waals surface area contributed by atoms with Gasteiger partial charge >= 0.3 is 0 Å². The summed E-state index contributed by atoms with van der Waals surface area (Å²) < 4.78 is 82.0. The van der Waals surface area contributed by atoms with E-state index in [0.29, 0.717) is 0 Å². The maximum Gasteiger partial charge on any atom is 0.266 e. The Balaban J connectivity index is -0.0000000759. The molecule has 162 valence electrons. The van der Waals surface area contributed by atoms with E-state index >= 15 is 0 Å². The van der Waals surface area contributed by atoms with Crippen molar-refractivity contribution in [3.63, 3.8) is 0 Å². The molecule has 0 atom stereocenters. The molecule has 0 bridgehead atoms. The van der Waals surface area contributed by atoms with Crippen molar-refractivity contribution in [1.82, 2.24) is 0 Å². The van der Waals surface area contributed by atoms with Gasteiger partial charge in [0.25, 0.3) is 30.4 Å². The Morgan fingerprint density at radius 1 is 0.654 bits per heavy atom. The molecule has 10 N–H and O–H groups in total. The third-order valence-electron chi connectivity index (χ3n) is 1.13. The van der Waals surface area contributed by atoms with E-state index in [0.717, 1.165) is 0 Å². The van der Waals surface area contributed by atoms with E-state index in [2.05, 4.69) is 0 Å². The van der Waals surface area contributed by atoms with Crippen LogP contribution in [0, 0.1) is 0 Å². The summed E-state index contributed by atoms with van der Waals surface area (Å²) in [7, 11) is -11.4. The van der Waals surface area contributed by atoms with Gasteiger partial charge in [0.1, 0.15) is 0 Å². The molecule has 0 spiro atoms. The molecule has 0 rings (SSSR count). The quantitative estimate of drug-likeness (QED) is 0.146. The zero-order chi connectivity index (χ0) is 21.3. The largest absolute Gasteiger partial charge is 0.394 e. The molecule has 17 heteroatoms. The van der Waals surface area contributed by atoms with Crippen LogP contribution in [0.4, 0.5) is 0 Å². The molecule has 0 unspecified atom stereocenters. The first kappa shape index (κ1) is 37.1. The first-order valence-corrected chi connectivity index (χ1v) is 11.4. The van der Waals surface area contributed by atoms with Crippen molar-refractivity contribution in [1.29, 1.82) is 0 Å². The van der Waals surface area contributed by atoms with Gasteiger partial charge in [-0.15, -0.1) is 0 Å². The molecule has 13 nitrogen and oxygen atoms in total. The van der Waals surface area contributed by atoms with Gasteiger partial charge in [0.05, 0.1) is 17.3 Å². The maximum absolute atomic E-state index is 9.71. The summed E-state index contributed by atoms with van der Waals surface area (Å²) in [4.78, 5) is 0. The predicted molar refractivity (Wildman–Crippen MR) is 93.8 cm³/mol. The van der Waals surface area contributed by atoms with Crippen LogP contribution >= 0.6 is 0 Å². The van der Waals surface area contributed by atoms with Gasteiger partial charge in [-0.25, -0.2) is 0 Å². The maximum atomic E-state index is 9.71. The number of rotatable bonds is 6.